The summed E-state index contributed by atoms with van der Waals surface area (Å²) in [6, 6.07) is 11.4. The van der Waals surface area contributed by atoms with Crippen LogP contribution in [-0.4, -0.2) is 5.11 Å². The number of para-hydroxylation sites is 1. The molecule has 3 rings (SSSR count). The fourth-order valence-electron chi connectivity index (χ4n) is 1.92. The molecule has 2 aromatic rings. The number of phenolic OH excluding ortho intramolecular Hbond substituents is 1. The molecule has 0 aromatic heterocycles. The maximum atomic E-state index is 9.75. The predicted octanol–water partition coefficient (Wildman–Crippen LogP) is 1.73. The fraction of sp³-hybridized carbons (Fsp3) is 0. The van der Waals surface area contributed by atoms with Crippen LogP contribution in [0.15, 0.2) is 41.4 Å². The Morgan fingerprint density at radius 3 is 2.73 bits per heavy atom. The van der Waals surface area contributed by atoms with Crippen molar-refractivity contribution in [3.8, 4) is 16.9 Å². The Morgan fingerprint density at radius 2 is 1.87 bits per heavy atom. The summed E-state index contributed by atoms with van der Waals surface area (Å²) in [5.41, 5.74) is 2.94. The van der Waals surface area contributed by atoms with Crippen molar-refractivity contribution in [2.45, 2.75) is 0 Å². The number of nitrogens with zero attached hydrogens (tertiary/aromatic N) is 1. The van der Waals surface area contributed by atoms with E-state index >= 15 is 0 Å². The molecule has 0 unspecified atom stereocenters. The molecule has 0 fully saturated rings. The van der Waals surface area contributed by atoms with E-state index in [0.717, 1.165) is 22.0 Å². The minimum Gasteiger partial charge on any atom is -0.506 e. The van der Waals surface area contributed by atoms with Crippen LogP contribution in [0.3, 0.4) is 0 Å². The minimum atomic E-state index is 0.202. The molecule has 0 spiro atoms. The predicted molar refractivity (Wildman–Crippen MR) is 59.5 cm³/mol. The van der Waals surface area contributed by atoms with E-state index in [4.69, 9.17) is 0 Å². The average Bonchev–Trinajstić information content (AvgIpc) is 2.57. The van der Waals surface area contributed by atoms with Crippen LogP contribution in [0.25, 0.3) is 17.7 Å². The highest BCUT2D eigenvalue weighted by Crippen LogP contribution is 2.32. The van der Waals surface area contributed by atoms with Gasteiger partial charge in [0.05, 0.1) is 5.69 Å². The number of hydrogen-bond acceptors (Lipinski definition) is 2. The number of phenols is 1. The van der Waals surface area contributed by atoms with Crippen LogP contribution in [0.2, 0.25) is 0 Å². The maximum Gasteiger partial charge on any atom is 0.142 e. The molecule has 0 atom stereocenters. The third kappa shape index (κ3) is 1.08. The van der Waals surface area contributed by atoms with Crippen molar-refractivity contribution in [1.82, 2.24) is 0 Å². The highest BCUT2D eigenvalue weighted by atomic mass is 16.3. The second-order valence-corrected chi connectivity index (χ2v) is 3.64. The van der Waals surface area contributed by atoms with Crippen molar-refractivity contribution in [2.24, 2.45) is 4.99 Å². The van der Waals surface area contributed by atoms with Crippen molar-refractivity contribution in [3.05, 3.63) is 47.0 Å². The molecule has 2 nitrogen and oxygen atoms in total. The molecular weight excluding hydrogens is 186 g/mol. The lowest BCUT2D eigenvalue weighted by molar-refractivity contribution is 0.468. The highest BCUT2D eigenvalue weighted by molar-refractivity contribution is 5.80. The lowest BCUT2D eigenvalue weighted by Gasteiger charge is -1.98. The zero-order valence-electron chi connectivity index (χ0n) is 8.07. The highest BCUT2D eigenvalue weighted by Gasteiger charge is 2.14. The molecule has 0 bridgehead atoms. The Morgan fingerprint density at radius 1 is 1.07 bits per heavy atom. The quantitative estimate of drug-likeness (QED) is 0.582. The largest absolute Gasteiger partial charge is 0.506 e. The molecule has 1 N–H and O–H groups in total. The van der Waals surface area contributed by atoms with Gasteiger partial charge in [-0.15, -0.1) is 0 Å². The van der Waals surface area contributed by atoms with Gasteiger partial charge in [0.2, 0.25) is 0 Å². The van der Waals surface area contributed by atoms with Crippen LogP contribution in [0, 0.1) is 0 Å². The molecule has 1 heterocycles. The van der Waals surface area contributed by atoms with Crippen LogP contribution in [0.5, 0.6) is 5.75 Å². The van der Waals surface area contributed by atoms with Crippen LogP contribution < -0.4 is 10.6 Å². The molecule has 1 aliphatic heterocycles. The van der Waals surface area contributed by atoms with Crippen LogP contribution in [0.1, 0.15) is 0 Å². The number of benzene rings is 2. The fourth-order valence-corrected chi connectivity index (χ4v) is 1.92. The van der Waals surface area contributed by atoms with Gasteiger partial charge < -0.3 is 5.11 Å². The van der Waals surface area contributed by atoms with Crippen LogP contribution in [-0.2, 0) is 0 Å². The van der Waals surface area contributed by atoms with E-state index in [0.29, 0.717) is 5.36 Å². The van der Waals surface area contributed by atoms with E-state index in [-0.39, 0.29) is 5.75 Å². The summed E-state index contributed by atoms with van der Waals surface area (Å²) in [4.78, 5) is 4.38. The van der Waals surface area contributed by atoms with Gasteiger partial charge in [0.15, 0.2) is 0 Å². The zero-order valence-corrected chi connectivity index (χ0v) is 8.07. The van der Waals surface area contributed by atoms with Crippen molar-refractivity contribution in [3.63, 3.8) is 0 Å². The topological polar surface area (TPSA) is 32.6 Å². The Balaban J connectivity index is 2.48. The van der Waals surface area contributed by atoms with E-state index in [2.05, 4.69) is 11.6 Å². The van der Waals surface area contributed by atoms with Crippen molar-refractivity contribution < 1.29 is 5.11 Å². The molecule has 72 valence electrons. The Hall–Kier alpha value is -2.09. The molecule has 0 radical (unpaired) electrons. The summed E-state index contributed by atoms with van der Waals surface area (Å²) in [6.07, 6.45) is 0. The molecular formula is C13H9NO. The summed E-state index contributed by atoms with van der Waals surface area (Å²) in [5.74, 6) is 0.202. The lowest BCUT2D eigenvalue weighted by Crippen LogP contribution is -2.08. The molecule has 1 aliphatic rings. The van der Waals surface area contributed by atoms with Gasteiger partial charge in [0.1, 0.15) is 11.1 Å². The van der Waals surface area contributed by atoms with Crippen molar-refractivity contribution in [1.29, 1.82) is 0 Å². The standard InChI is InChI=1S/C13H9NO/c1-8-6-10-9-4-2-3-5-11(9)14-13(10)12(15)7-8/h2-7,15H,1H2. The second kappa shape index (κ2) is 2.70. The Bertz CT molecular complexity index is 659. The number of rotatable bonds is 0. The van der Waals surface area contributed by atoms with Crippen molar-refractivity contribution >= 4 is 12.3 Å². The smallest absolute Gasteiger partial charge is 0.142 e. The monoisotopic (exact) mass is 195 g/mol. The second-order valence-electron chi connectivity index (χ2n) is 3.64. The first kappa shape index (κ1) is 8.24. The summed E-state index contributed by atoms with van der Waals surface area (Å²) in [6.45, 7) is 3.83. The van der Waals surface area contributed by atoms with Gasteiger partial charge in [-0.25, -0.2) is 4.99 Å². The summed E-state index contributed by atoms with van der Waals surface area (Å²) in [5, 5.41) is 11.2. The normalized spacial score (nSPS) is 11.7. The maximum absolute atomic E-state index is 9.75. The number of fused-ring (bicyclic) bond motifs is 3. The minimum absolute atomic E-state index is 0.202. The molecule has 0 amide bonds. The van der Waals surface area contributed by atoms with E-state index in [1.807, 2.05) is 30.3 Å². The number of hydrogen-bond donors (Lipinski definition) is 1. The molecule has 0 aliphatic carbocycles. The molecule has 2 heteroatoms. The zero-order chi connectivity index (χ0) is 10.4. The van der Waals surface area contributed by atoms with Gasteiger partial charge in [0, 0.05) is 11.1 Å². The average molecular weight is 195 g/mol. The van der Waals surface area contributed by atoms with Crippen molar-refractivity contribution in [2.75, 3.05) is 0 Å². The lowest BCUT2D eigenvalue weighted by atomic mass is 10.0. The number of aromatic hydroxyl groups is 1. The van der Waals surface area contributed by atoms with Gasteiger partial charge in [-0.3, -0.25) is 0 Å². The summed E-state index contributed by atoms with van der Waals surface area (Å²) in [7, 11) is 0. The van der Waals surface area contributed by atoms with Gasteiger partial charge in [-0.1, -0.05) is 24.8 Å². The first-order chi connectivity index (χ1) is 7.25. The van der Waals surface area contributed by atoms with Gasteiger partial charge in [-0.2, -0.15) is 0 Å². The molecule has 2 aromatic carbocycles. The summed E-state index contributed by atoms with van der Waals surface area (Å²) >= 11 is 0. The van der Waals surface area contributed by atoms with E-state index in [1.54, 1.807) is 6.07 Å². The summed E-state index contributed by atoms with van der Waals surface area (Å²) < 4.78 is 0. The Kier molecular flexibility index (Phi) is 1.48. The van der Waals surface area contributed by atoms with Gasteiger partial charge in [0.25, 0.3) is 0 Å². The van der Waals surface area contributed by atoms with Crippen LogP contribution >= 0.6 is 0 Å². The van der Waals surface area contributed by atoms with Crippen LogP contribution in [0.4, 0.5) is 5.69 Å². The van der Waals surface area contributed by atoms with E-state index in [1.165, 1.54) is 0 Å². The van der Waals surface area contributed by atoms with Gasteiger partial charge in [-0.05, 0) is 23.4 Å². The SMILES string of the molecule is C=c1cc(O)c2c(c1)-c1ccccc1N=2. The van der Waals surface area contributed by atoms with E-state index in [9.17, 15) is 5.11 Å². The molecule has 0 saturated carbocycles. The first-order valence-electron chi connectivity index (χ1n) is 4.76. The molecule has 15 heavy (non-hydrogen) atoms. The third-order valence-corrected chi connectivity index (χ3v) is 2.58. The van der Waals surface area contributed by atoms with Gasteiger partial charge >= 0.3 is 0 Å². The Labute approximate surface area is 86.8 Å². The van der Waals surface area contributed by atoms with E-state index < -0.39 is 0 Å². The third-order valence-electron chi connectivity index (χ3n) is 2.58. The molecule has 0 saturated heterocycles. The first-order valence-corrected chi connectivity index (χ1v) is 4.76.